The zero-order valence-corrected chi connectivity index (χ0v) is 14.3. The molecule has 0 spiro atoms. The second kappa shape index (κ2) is 8.88. The zero-order valence-electron chi connectivity index (χ0n) is 14.3. The summed E-state index contributed by atoms with van der Waals surface area (Å²) in [5, 5.41) is 13.7. The van der Waals surface area contributed by atoms with Crippen molar-refractivity contribution in [3.8, 4) is 0 Å². The molecule has 0 atom stereocenters. The lowest BCUT2D eigenvalue weighted by molar-refractivity contribution is 0.0844. The van der Waals surface area contributed by atoms with E-state index in [9.17, 15) is 4.79 Å². The van der Waals surface area contributed by atoms with Crippen molar-refractivity contribution < 1.29 is 4.79 Å². The number of aromatic nitrogens is 2. The van der Waals surface area contributed by atoms with E-state index in [0.717, 1.165) is 36.6 Å². The van der Waals surface area contributed by atoms with Crippen LogP contribution < -0.4 is 10.6 Å². The van der Waals surface area contributed by atoms with E-state index in [4.69, 9.17) is 0 Å². The lowest BCUT2D eigenvalue weighted by Gasteiger charge is -2.12. The van der Waals surface area contributed by atoms with Gasteiger partial charge in [0.25, 0.3) is 5.91 Å². The van der Waals surface area contributed by atoms with E-state index >= 15 is 0 Å². The molecule has 0 unspecified atom stereocenters. The number of rotatable bonds is 9. The predicted octanol–water partition coefficient (Wildman–Crippen LogP) is 2.24. The average molecular weight is 327 g/mol. The highest BCUT2D eigenvalue weighted by atomic mass is 16.2. The smallest absolute Gasteiger partial charge is 0.275 e. The molecule has 0 aliphatic carbocycles. The van der Waals surface area contributed by atoms with E-state index in [1.54, 1.807) is 7.05 Å². The molecule has 2 aromatic rings. The summed E-state index contributed by atoms with van der Waals surface area (Å²) in [7, 11) is 1.68. The van der Waals surface area contributed by atoms with Gasteiger partial charge in [0.1, 0.15) is 5.69 Å². The normalized spacial score (nSPS) is 10.4. The largest absolute Gasteiger partial charge is 0.367 e. The highest BCUT2D eigenvalue weighted by molar-refractivity contribution is 5.95. The highest BCUT2D eigenvalue weighted by Crippen LogP contribution is 2.22. The molecule has 0 radical (unpaired) electrons. The number of anilines is 1. The third-order valence-corrected chi connectivity index (χ3v) is 3.74. The lowest BCUT2D eigenvalue weighted by atomic mass is 10.0. The lowest BCUT2D eigenvalue weighted by Crippen LogP contribution is -2.23. The first-order chi connectivity index (χ1) is 11.7. The van der Waals surface area contributed by atoms with Gasteiger partial charge in [-0.15, -0.1) is 0 Å². The van der Waals surface area contributed by atoms with Gasteiger partial charge in [0.2, 0.25) is 0 Å². The van der Waals surface area contributed by atoms with Gasteiger partial charge >= 0.3 is 0 Å². The molecule has 0 aliphatic heterocycles. The van der Waals surface area contributed by atoms with Crippen LogP contribution in [0.25, 0.3) is 0 Å². The maximum atomic E-state index is 12.5. The summed E-state index contributed by atoms with van der Waals surface area (Å²) >= 11 is 0. The third kappa shape index (κ3) is 4.45. The molecule has 1 aromatic heterocycles. The zero-order chi connectivity index (χ0) is 17.4. The van der Waals surface area contributed by atoms with E-state index in [1.165, 1.54) is 11.1 Å². The number of carbonyl (C=O) groups is 1. The van der Waals surface area contributed by atoms with Crippen LogP contribution in [-0.4, -0.2) is 47.7 Å². The van der Waals surface area contributed by atoms with Gasteiger partial charge in [-0.05, 0) is 18.3 Å². The Morgan fingerprint density at radius 2 is 2.08 bits per heavy atom. The summed E-state index contributed by atoms with van der Waals surface area (Å²) in [6, 6.07) is 10.0. The Labute approximate surface area is 143 Å². The van der Waals surface area contributed by atoms with Crippen LogP contribution in [0.4, 0.5) is 5.82 Å². The van der Waals surface area contributed by atoms with Gasteiger partial charge in [-0.2, -0.15) is 5.10 Å². The minimum Gasteiger partial charge on any atom is -0.367 e. The van der Waals surface area contributed by atoms with Crippen LogP contribution in [0, 0.1) is 0 Å². The third-order valence-electron chi connectivity index (χ3n) is 3.74. The summed E-state index contributed by atoms with van der Waals surface area (Å²) < 4.78 is 0. The Balaban J connectivity index is 2.25. The molecule has 1 amide bonds. The van der Waals surface area contributed by atoms with Gasteiger partial charge in [-0.25, -0.2) is 0 Å². The Morgan fingerprint density at radius 3 is 2.75 bits per heavy atom. The summed E-state index contributed by atoms with van der Waals surface area (Å²) in [6.45, 7) is 8.21. The fourth-order valence-electron chi connectivity index (χ4n) is 2.37. The molecular formula is C18H25N5O. The molecule has 24 heavy (non-hydrogen) atoms. The Kier molecular flexibility index (Phi) is 6.57. The first kappa shape index (κ1) is 17.7. The Bertz CT molecular complexity index is 665. The number of aromatic amines is 1. The van der Waals surface area contributed by atoms with Gasteiger partial charge in [-0.1, -0.05) is 43.8 Å². The van der Waals surface area contributed by atoms with Gasteiger partial charge < -0.3 is 15.5 Å². The van der Waals surface area contributed by atoms with Crippen LogP contribution in [0.5, 0.6) is 0 Å². The van der Waals surface area contributed by atoms with Crippen molar-refractivity contribution in [3.63, 3.8) is 0 Å². The number of benzene rings is 1. The average Bonchev–Trinajstić information content (AvgIpc) is 3.01. The topological polar surface area (TPSA) is 73.0 Å². The first-order valence-electron chi connectivity index (χ1n) is 8.12. The highest BCUT2D eigenvalue weighted by Gasteiger charge is 2.21. The van der Waals surface area contributed by atoms with Crippen LogP contribution in [0.15, 0.2) is 43.1 Å². The molecule has 0 aliphatic rings. The van der Waals surface area contributed by atoms with Gasteiger partial charge in [-0.3, -0.25) is 9.89 Å². The van der Waals surface area contributed by atoms with Gasteiger partial charge in [0, 0.05) is 32.1 Å². The molecule has 1 heterocycles. The standard InChI is InChI=1S/C18H25N5O/c1-4-19-11-12-20-17-15(13-14-9-7-6-8-10-14)16(21-22-17)18(24)23(3)5-2/h5-10,19H,2,4,11-13H2,1,3H3,(H2,20,21,22). The number of likely N-dealkylation sites (N-methyl/N-ethyl adjacent to an activating group) is 1. The number of carbonyl (C=O) groups excluding carboxylic acids is 1. The van der Waals surface area contributed by atoms with Crippen molar-refractivity contribution in [1.82, 2.24) is 20.4 Å². The number of amides is 1. The minimum atomic E-state index is -0.150. The Hall–Kier alpha value is -2.60. The van der Waals surface area contributed by atoms with Crippen molar-refractivity contribution in [2.45, 2.75) is 13.3 Å². The number of hydrogen-bond acceptors (Lipinski definition) is 4. The van der Waals surface area contributed by atoms with Crippen LogP contribution in [0.2, 0.25) is 0 Å². The molecule has 0 bridgehead atoms. The van der Waals surface area contributed by atoms with Crippen LogP contribution in [-0.2, 0) is 6.42 Å². The molecule has 6 heteroatoms. The molecule has 2 rings (SSSR count). The number of nitrogens with one attached hydrogen (secondary N) is 3. The van der Waals surface area contributed by atoms with Crippen LogP contribution in [0.1, 0.15) is 28.5 Å². The van der Waals surface area contributed by atoms with Crippen LogP contribution in [0.3, 0.4) is 0 Å². The van der Waals surface area contributed by atoms with Crippen molar-refractivity contribution in [2.75, 3.05) is 32.0 Å². The van der Waals surface area contributed by atoms with Crippen molar-refractivity contribution in [2.24, 2.45) is 0 Å². The van der Waals surface area contributed by atoms with E-state index in [2.05, 4.69) is 34.3 Å². The molecule has 6 nitrogen and oxygen atoms in total. The van der Waals surface area contributed by atoms with E-state index in [0.29, 0.717) is 12.1 Å². The summed E-state index contributed by atoms with van der Waals surface area (Å²) in [5.74, 6) is 0.570. The van der Waals surface area contributed by atoms with Gasteiger partial charge in [0.05, 0.1) is 0 Å². The van der Waals surface area contributed by atoms with E-state index in [-0.39, 0.29) is 5.91 Å². The molecule has 0 saturated heterocycles. The summed E-state index contributed by atoms with van der Waals surface area (Å²) in [5.41, 5.74) is 2.49. The monoisotopic (exact) mass is 327 g/mol. The maximum Gasteiger partial charge on any atom is 0.275 e. The second-order valence-corrected chi connectivity index (χ2v) is 5.47. The number of nitrogens with zero attached hydrogens (tertiary/aromatic N) is 2. The van der Waals surface area contributed by atoms with Crippen LogP contribution >= 0.6 is 0 Å². The molecule has 128 valence electrons. The molecular weight excluding hydrogens is 302 g/mol. The Morgan fingerprint density at radius 1 is 1.33 bits per heavy atom. The minimum absolute atomic E-state index is 0.150. The van der Waals surface area contributed by atoms with E-state index < -0.39 is 0 Å². The first-order valence-corrected chi connectivity index (χ1v) is 8.12. The summed E-state index contributed by atoms with van der Waals surface area (Å²) in [6.07, 6.45) is 2.13. The van der Waals surface area contributed by atoms with E-state index in [1.807, 2.05) is 30.3 Å². The predicted molar refractivity (Wildman–Crippen MR) is 97.2 cm³/mol. The second-order valence-electron chi connectivity index (χ2n) is 5.47. The fraction of sp³-hybridized carbons (Fsp3) is 0.333. The van der Waals surface area contributed by atoms with Gasteiger partial charge in [0.15, 0.2) is 5.82 Å². The summed E-state index contributed by atoms with van der Waals surface area (Å²) in [4.78, 5) is 14.0. The molecule has 0 saturated carbocycles. The molecule has 0 fully saturated rings. The molecule has 1 aromatic carbocycles. The fourth-order valence-corrected chi connectivity index (χ4v) is 2.37. The molecule has 3 N–H and O–H groups in total. The number of hydrogen-bond donors (Lipinski definition) is 3. The van der Waals surface area contributed by atoms with Crippen molar-refractivity contribution in [1.29, 1.82) is 0 Å². The SMILES string of the molecule is C=CN(C)C(=O)c1[nH]nc(NCCNCC)c1Cc1ccccc1. The van der Waals surface area contributed by atoms with Crippen molar-refractivity contribution in [3.05, 3.63) is 59.9 Å². The maximum absolute atomic E-state index is 12.5. The van der Waals surface area contributed by atoms with Crippen molar-refractivity contribution >= 4 is 11.7 Å². The quantitative estimate of drug-likeness (QED) is 0.618. The number of H-pyrrole nitrogens is 1.